The minimum absolute atomic E-state index is 0.758. The van der Waals surface area contributed by atoms with Crippen molar-refractivity contribution in [3.05, 3.63) is 4.88 Å². The van der Waals surface area contributed by atoms with Gasteiger partial charge >= 0.3 is 0 Å². The quantitative estimate of drug-likeness (QED) is 0.794. The maximum absolute atomic E-state index is 5.22. The Morgan fingerprint density at radius 2 is 2.21 bits per heavy atom. The molecule has 5 heteroatoms. The summed E-state index contributed by atoms with van der Waals surface area (Å²) in [6, 6.07) is 0. The largest absolute Gasteiger partial charge is 0.480 e. The van der Waals surface area contributed by atoms with E-state index in [2.05, 4.69) is 10.3 Å². The minimum Gasteiger partial charge on any atom is -0.480 e. The summed E-state index contributed by atoms with van der Waals surface area (Å²) in [5, 5.41) is 4.11. The summed E-state index contributed by atoms with van der Waals surface area (Å²) in [6.45, 7) is 0.950. The molecule has 0 bridgehead atoms. The number of aromatic nitrogens is 1. The number of nitrogens with one attached hydrogen (secondary N) is 1. The molecule has 0 fully saturated rings. The normalized spacial score (nSPS) is 10.3. The third kappa shape index (κ3) is 2.59. The molecule has 0 aliphatic rings. The lowest BCUT2D eigenvalue weighted by atomic mass is 10.4. The summed E-state index contributed by atoms with van der Waals surface area (Å²) in [5.41, 5.74) is 0. The number of thiazole rings is 1. The monoisotopic (exact) mass is 215 g/mol. The van der Waals surface area contributed by atoms with E-state index in [-0.39, 0.29) is 0 Å². The maximum Gasteiger partial charge on any atom is 0.229 e. The summed E-state index contributed by atoms with van der Waals surface area (Å²) >= 11 is 1.68. The van der Waals surface area contributed by atoms with Crippen LogP contribution in [0.25, 0.3) is 0 Å². The van der Waals surface area contributed by atoms with Gasteiger partial charge in [-0.05, 0) is 20.0 Å². The molecule has 0 radical (unpaired) electrons. The molecule has 0 aliphatic carbocycles. The molecule has 1 heterocycles. The first-order valence-corrected chi connectivity index (χ1v) is 5.36. The fraction of sp³-hybridized carbons (Fsp3) is 0.667. The van der Waals surface area contributed by atoms with Crippen LogP contribution in [-0.4, -0.2) is 39.8 Å². The molecule has 80 valence electrons. The molecular formula is C9H17N3OS. The number of likely N-dealkylation sites (N-methyl/N-ethyl adjacent to an activating group) is 1. The van der Waals surface area contributed by atoms with Crippen molar-refractivity contribution in [3.8, 4) is 5.88 Å². The Morgan fingerprint density at radius 1 is 1.50 bits per heavy atom. The third-order valence-electron chi connectivity index (χ3n) is 1.83. The summed E-state index contributed by atoms with van der Waals surface area (Å²) < 4.78 is 5.22. The standard InChI is InChI=1S/C9H17N3OS/c1-10-6-5-7-8(13-4)11-9(14-7)12(2)3/h10H,5-6H2,1-4H3. The average molecular weight is 215 g/mol. The van der Waals surface area contributed by atoms with Gasteiger partial charge in [-0.1, -0.05) is 11.3 Å². The van der Waals surface area contributed by atoms with Crippen molar-refractivity contribution in [1.82, 2.24) is 10.3 Å². The molecule has 0 unspecified atom stereocenters. The van der Waals surface area contributed by atoms with Crippen molar-refractivity contribution >= 4 is 16.5 Å². The number of hydrogen-bond donors (Lipinski definition) is 1. The van der Waals surface area contributed by atoms with Crippen LogP contribution in [0.3, 0.4) is 0 Å². The highest BCUT2D eigenvalue weighted by Crippen LogP contribution is 2.30. The van der Waals surface area contributed by atoms with Crippen LogP contribution in [-0.2, 0) is 6.42 Å². The van der Waals surface area contributed by atoms with Crippen LogP contribution in [0, 0.1) is 0 Å². The van der Waals surface area contributed by atoms with Crippen molar-refractivity contribution < 1.29 is 4.74 Å². The lowest BCUT2D eigenvalue weighted by Crippen LogP contribution is -2.09. The van der Waals surface area contributed by atoms with Gasteiger partial charge in [0.1, 0.15) is 0 Å². The number of rotatable bonds is 5. The smallest absolute Gasteiger partial charge is 0.229 e. The van der Waals surface area contributed by atoms with E-state index in [1.54, 1.807) is 18.4 Å². The van der Waals surface area contributed by atoms with Crippen LogP contribution in [0.15, 0.2) is 0 Å². The number of ether oxygens (including phenoxy) is 1. The first kappa shape index (κ1) is 11.3. The van der Waals surface area contributed by atoms with Crippen LogP contribution in [0.2, 0.25) is 0 Å². The van der Waals surface area contributed by atoms with E-state index in [0.29, 0.717) is 0 Å². The second kappa shape index (κ2) is 5.17. The van der Waals surface area contributed by atoms with Crippen LogP contribution in [0.5, 0.6) is 5.88 Å². The van der Waals surface area contributed by atoms with E-state index < -0.39 is 0 Å². The zero-order chi connectivity index (χ0) is 10.6. The van der Waals surface area contributed by atoms with Crippen molar-refractivity contribution in [2.75, 3.05) is 39.7 Å². The number of nitrogens with zero attached hydrogens (tertiary/aromatic N) is 2. The lowest BCUT2D eigenvalue weighted by Gasteiger charge is -2.04. The second-order valence-electron chi connectivity index (χ2n) is 3.18. The maximum atomic E-state index is 5.22. The molecule has 0 spiro atoms. The predicted octanol–water partition coefficient (Wildman–Crippen LogP) is 0.980. The second-order valence-corrected chi connectivity index (χ2v) is 4.24. The van der Waals surface area contributed by atoms with E-state index in [1.807, 2.05) is 26.0 Å². The highest BCUT2D eigenvalue weighted by Gasteiger charge is 2.11. The minimum atomic E-state index is 0.758. The van der Waals surface area contributed by atoms with Gasteiger partial charge in [0.05, 0.1) is 12.0 Å². The Kier molecular flexibility index (Phi) is 4.16. The van der Waals surface area contributed by atoms with Crippen LogP contribution in [0.1, 0.15) is 4.88 Å². The predicted molar refractivity (Wildman–Crippen MR) is 60.6 cm³/mol. The van der Waals surface area contributed by atoms with Gasteiger partial charge in [0, 0.05) is 14.1 Å². The Labute approximate surface area is 88.9 Å². The van der Waals surface area contributed by atoms with Crippen LogP contribution in [0.4, 0.5) is 5.13 Å². The van der Waals surface area contributed by atoms with Gasteiger partial charge in [-0.25, -0.2) is 0 Å². The molecule has 1 aromatic rings. The van der Waals surface area contributed by atoms with Gasteiger partial charge in [0.15, 0.2) is 5.13 Å². The summed E-state index contributed by atoms with van der Waals surface area (Å²) in [7, 11) is 7.58. The molecule has 0 aliphatic heterocycles. The SMILES string of the molecule is CNCCc1sc(N(C)C)nc1OC. The van der Waals surface area contributed by atoms with E-state index in [0.717, 1.165) is 24.0 Å². The summed E-state index contributed by atoms with van der Waals surface area (Å²) in [5.74, 6) is 0.758. The Morgan fingerprint density at radius 3 is 2.71 bits per heavy atom. The summed E-state index contributed by atoms with van der Waals surface area (Å²) in [6.07, 6.45) is 0.963. The zero-order valence-electron chi connectivity index (χ0n) is 9.13. The van der Waals surface area contributed by atoms with E-state index in [4.69, 9.17) is 4.74 Å². The van der Waals surface area contributed by atoms with Gasteiger partial charge in [0.25, 0.3) is 0 Å². The average Bonchev–Trinajstić information content (AvgIpc) is 2.57. The van der Waals surface area contributed by atoms with E-state index in [9.17, 15) is 0 Å². The number of methoxy groups -OCH3 is 1. The molecule has 1 aromatic heterocycles. The highest BCUT2D eigenvalue weighted by molar-refractivity contribution is 7.15. The first-order valence-electron chi connectivity index (χ1n) is 4.54. The van der Waals surface area contributed by atoms with Crippen LogP contribution < -0.4 is 15.0 Å². The lowest BCUT2D eigenvalue weighted by molar-refractivity contribution is 0.396. The molecule has 0 saturated heterocycles. The Hall–Kier alpha value is -0.810. The Balaban J connectivity index is 2.79. The molecular weight excluding hydrogens is 198 g/mol. The van der Waals surface area contributed by atoms with Gasteiger partial charge < -0.3 is 15.0 Å². The van der Waals surface area contributed by atoms with E-state index >= 15 is 0 Å². The molecule has 0 amide bonds. The van der Waals surface area contributed by atoms with E-state index in [1.165, 1.54) is 4.88 Å². The van der Waals surface area contributed by atoms with Gasteiger partial charge in [0.2, 0.25) is 5.88 Å². The molecule has 14 heavy (non-hydrogen) atoms. The third-order valence-corrected chi connectivity index (χ3v) is 3.09. The Bertz CT molecular complexity index is 286. The van der Waals surface area contributed by atoms with Gasteiger partial charge in [-0.3, -0.25) is 0 Å². The van der Waals surface area contributed by atoms with Crippen molar-refractivity contribution in [1.29, 1.82) is 0 Å². The number of hydrogen-bond acceptors (Lipinski definition) is 5. The first-order chi connectivity index (χ1) is 6.69. The molecule has 0 saturated carbocycles. The fourth-order valence-electron chi connectivity index (χ4n) is 1.07. The fourth-order valence-corrected chi connectivity index (χ4v) is 2.03. The number of anilines is 1. The van der Waals surface area contributed by atoms with Gasteiger partial charge in [-0.15, -0.1) is 0 Å². The van der Waals surface area contributed by atoms with Crippen molar-refractivity contribution in [2.24, 2.45) is 0 Å². The molecule has 1 rings (SSSR count). The molecule has 4 nitrogen and oxygen atoms in total. The molecule has 0 atom stereocenters. The molecule has 0 aromatic carbocycles. The van der Waals surface area contributed by atoms with Crippen molar-refractivity contribution in [3.63, 3.8) is 0 Å². The zero-order valence-corrected chi connectivity index (χ0v) is 9.94. The van der Waals surface area contributed by atoms with Crippen molar-refractivity contribution in [2.45, 2.75) is 6.42 Å². The highest BCUT2D eigenvalue weighted by atomic mass is 32.1. The molecule has 1 N–H and O–H groups in total. The summed E-state index contributed by atoms with van der Waals surface area (Å²) in [4.78, 5) is 7.57. The van der Waals surface area contributed by atoms with Gasteiger partial charge in [-0.2, -0.15) is 4.98 Å². The topological polar surface area (TPSA) is 37.4 Å². The van der Waals surface area contributed by atoms with Crippen LogP contribution >= 0.6 is 11.3 Å².